The number of hydrogen-bond acceptors (Lipinski definition) is 3. The van der Waals surface area contributed by atoms with Gasteiger partial charge in [-0.2, -0.15) is 5.26 Å². The number of nitrogens with zero attached hydrogens (tertiary/aromatic N) is 1. The molecule has 0 spiro atoms. The highest BCUT2D eigenvalue weighted by atomic mass is 16.6. The van der Waals surface area contributed by atoms with Gasteiger partial charge in [-0.15, -0.1) is 0 Å². The van der Waals surface area contributed by atoms with Crippen LogP contribution in [0.5, 0.6) is 23.0 Å². The molecule has 0 radical (unpaired) electrons. The maximum absolute atomic E-state index is 9.42. The van der Waals surface area contributed by atoms with Gasteiger partial charge in [0.15, 0.2) is 23.0 Å². The molecule has 3 nitrogen and oxygen atoms in total. The number of benzene rings is 5. The first-order chi connectivity index (χ1) is 18.0. The Morgan fingerprint density at radius 2 is 1.27 bits per heavy atom. The second kappa shape index (κ2) is 7.85. The van der Waals surface area contributed by atoms with E-state index in [0.717, 1.165) is 33.8 Å². The molecule has 0 saturated carbocycles. The van der Waals surface area contributed by atoms with E-state index in [1.54, 1.807) is 0 Å². The number of rotatable bonds is 2. The van der Waals surface area contributed by atoms with Crippen LogP contribution in [0.15, 0.2) is 103 Å². The van der Waals surface area contributed by atoms with Gasteiger partial charge < -0.3 is 9.47 Å². The number of ether oxygens (including phenoxy) is 2. The van der Waals surface area contributed by atoms with Gasteiger partial charge in [0.25, 0.3) is 0 Å². The molecule has 1 aliphatic carbocycles. The van der Waals surface area contributed by atoms with Gasteiger partial charge in [-0.05, 0) is 69.3 Å². The summed E-state index contributed by atoms with van der Waals surface area (Å²) in [7, 11) is 0. The predicted octanol–water partition coefficient (Wildman–Crippen LogP) is 9.10. The van der Waals surface area contributed by atoms with Crippen molar-refractivity contribution in [2.75, 3.05) is 0 Å². The molecule has 5 aromatic rings. The molecule has 0 fully saturated rings. The van der Waals surface area contributed by atoms with Crippen LogP contribution >= 0.6 is 0 Å². The lowest BCUT2D eigenvalue weighted by Gasteiger charge is -2.26. The van der Waals surface area contributed by atoms with Crippen molar-refractivity contribution in [1.29, 1.82) is 5.26 Å². The highest BCUT2D eigenvalue weighted by Gasteiger charge is 2.37. The summed E-state index contributed by atoms with van der Waals surface area (Å²) in [6, 6.07) is 37.0. The number of hydrogen-bond donors (Lipinski definition) is 0. The van der Waals surface area contributed by atoms with Gasteiger partial charge in [-0.25, -0.2) is 0 Å². The maximum atomic E-state index is 9.42. The molecule has 0 bridgehead atoms. The SMILES string of the molecule is CC1(C)c2ccccc2-c2cc3c(cc21)Oc1cccc(-c2ccccc2-c2cccc(C#N)c2)c1O3. The van der Waals surface area contributed by atoms with Crippen molar-refractivity contribution in [3.8, 4) is 62.4 Å². The second-order valence-corrected chi connectivity index (χ2v) is 10.1. The van der Waals surface area contributed by atoms with Crippen molar-refractivity contribution in [3.63, 3.8) is 0 Å². The van der Waals surface area contributed by atoms with Gasteiger partial charge in [-0.1, -0.05) is 86.6 Å². The first kappa shape index (κ1) is 21.5. The normalized spacial score (nSPS) is 13.8. The smallest absolute Gasteiger partial charge is 0.177 e. The molecular weight excluding hydrogens is 454 g/mol. The van der Waals surface area contributed by atoms with Crippen LogP contribution in [-0.2, 0) is 5.41 Å². The topological polar surface area (TPSA) is 42.2 Å². The van der Waals surface area contributed by atoms with Crippen LogP contribution < -0.4 is 9.47 Å². The van der Waals surface area contributed by atoms with E-state index < -0.39 is 0 Å². The minimum Gasteiger partial charge on any atom is -0.449 e. The molecule has 0 amide bonds. The molecule has 0 N–H and O–H groups in total. The van der Waals surface area contributed by atoms with E-state index in [1.165, 1.54) is 22.3 Å². The predicted molar refractivity (Wildman–Crippen MR) is 146 cm³/mol. The van der Waals surface area contributed by atoms with Crippen molar-refractivity contribution in [2.45, 2.75) is 19.3 Å². The Hall–Kier alpha value is -4.81. The number of para-hydroxylation sites is 1. The largest absolute Gasteiger partial charge is 0.449 e. The maximum Gasteiger partial charge on any atom is 0.177 e. The Bertz CT molecular complexity index is 1770. The van der Waals surface area contributed by atoms with Gasteiger partial charge in [-0.3, -0.25) is 0 Å². The standard InChI is InChI=1S/C34H23NO2/c1-34(2)28-15-6-5-13-25(28)27-18-31-32(19-29(27)34)36-30-16-8-14-26(33(30)37-31)24-12-4-3-11-23(24)22-10-7-9-21(17-22)20-35/h3-19H,1-2H3. The highest BCUT2D eigenvalue weighted by Crippen LogP contribution is 2.56. The van der Waals surface area contributed by atoms with E-state index in [9.17, 15) is 5.26 Å². The van der Waals surface area contributed by atoms with Crippen LogP contribution in [0.1, 0.15) is 30.5 Å². The van der Waals surface area contributed by atoms with Crippen LogP contribution in [0.25, 0.3) is 33.4 Å². The van der Waals surface area contributed by atoms with Gasteiger partial charge in [0.2, 0.25) is 0 Å². The fourth-order valence-electron chi connectivity index (χ4n) is 5.74. The van der Waals surface area contributed by atoms with Crippen molar-refractivity contribution in [1.82, 2.24) is 0 Å². The highest BCUT2D eigenvalue weighted by molar-refractivity contribution is 5.89. The minimum atomic E-state index is -0.108. The average molecular weight is 478 g/mol. The van der Waals surface area contributed by atoms with Crippen LogP contribution in [0.2, 0.25) is 0 Å². The van der Waals surface area contributed by atoms with Gasteiger partial charge in [0, 0.05) is 11.0 Å². The molecule has 37 heavy (non-hydrogen) atoms. The molecule has 0 aromatic heterocycles. The Morgan fingerprint density at radius 1 is 0.568 bits per heavy atom. The number of nitriles is 1. The van der Waals surface area contributed by atoms with Crippen molar-refractivity contribution < 1.29 is 9.47 Å². The van der Waals surface area contributed by atoms with Crippen LogP contribution in [0.4, 0.5) is 0 Å². The summed E-state index contributed by atoms with van der Waals surface area (Å²) in [4.78, 5) is 0. The molecule has 176 valence electrons. The Morgan fingerprint density at radius 3 is 2.11 bits per heavy atom. The summed E-state index contributed by atoms with van der Waals surface area (Å²) >= 11 is 0. The first-order valence-electron chi connectivity index (χ1n) is 12.4. The minimum absolute atomic E-state index is 0.108. The molecule has 3 heteroatoms. The Balaban J connectivity index is 1.37. The van der Waals surface area contributed by atoms with Crippen molar-refractivity contribution >= 4 is 0 Å². The molecule has 0 unspecified atom stereocenters. The Kier molecular flexibility index (Phi) is 4.55. The lowest BCUT2D eigenvalue weighted by molar-refractivity contribution is 0.360. The van der Waals surface area contributed by atoms with Crippen LogP contribution in [-0.4, -0.2) is 0 Å². The fraction of sp³-hybridized carbons (Fsp3) is 0.0882. The van der Waals surface area contributed by atoms with Crippen molar-refractivity contribution in [3.05, 3.63) is 120 Å². The zero-order chi connectivity index (χ0) is 25.1. The van der Waals surface area contributed by atoms with Crippen molar-refractivity contribution in [2.24, 2.45) is 0 Å². The van der Waals surface area contributed by atoms with E-state index in [-0.39, 0.29) is 5.41 Å². The lowest BCUT2D eigenvalue weighted by atomic mass is 9.82. The first-order valence-corrected chi connectivity index (χ1v) is 12.4. The zero-order valence-electron chi connectivity index (χ0n) is 20.6. The monoisotopic (exact) mass is 477 g/mol. The van der Waals surface area contributed by atoms with E-state index in [1.807, 2.05) is 48.5 Å². The summed E-state index contributed by atoms with van der Waals surface area (Å²) in [6.07, 6.45) is 0. The van der Waals surface area contributed by atoms with Gasteiger partial charge in [0.05, 0.1) is 11.6 Å². The third-order valence-electron chi connectivity index (χ3n) is 7.58. The quantitative estimate of drug-likeness (QED) is 0.250. The average Bonchev–Trinajstić information content (AvgIpc) is 3.16. The molecule has 1 heterocycles. The molecule has 0 atom stereocenters. The Labute approximate surface area is 216 Å². The van der Waals surface area contributed by atoms with E-state index in [0.29, 0.717) is 17.1 Å². The molecule has 2 aliphatic rings. The van der Waals surface area contributed by atoms with E-state index >= 15 is 0 Å². The third kappa shape index (κ3) is 3.20. The summed E-state index contributed by atoms with van der Waals surface area (Å²) in [5.74, 6) is 2.85. The van der Waals surface area contributed by atoms with Gasteiger partial charge >= 0.3 is 0 Å². The summed E-state index contributed by atoms with van der Waals surface area (Å²) in [5.41, 5.74) is 9.52. The molecule has 0 saturated heterocycles. The van der Waals surface area contributed by atoms with E-state index in [4.69, 9.17) is 9.47 Å². The summed E-state index contributed by atoms with van der Waals surface area (Å²) in [5, 5.41) is 9.42. The molecular formula is C34H23NO2. The van der Waals surface area contributed by atoms with Gasteiger partial charge in [0.1, 0.15) is 0 Å². The second-order valence-electron chi connectivity index (χ2n) is 10.1. The van der Waals surface area contributed by atoms with E-state index in [2.05, 4.69) is 74.5 Å². The summed E-state index contributed by atoms with van der Waals surface area (Å²) in [6.45, 7) is 4.52. The third-order valence-corrected chi connectivity index (χ3v) is 7.58. The number of fused-ring (bicyclic) bond motifs is 5. The molecule has 7 rings (SSSR count). The van der Waals surface area contributed by atoms with Crippen LogP contribution in [0, 0.1) is 11.3 Å². The fourth-order valence-corrected chi connectivity index (χ4v) is 5.74. The lowest BCUT2D eigenvalue weighted by Crippen LogP contribution is -2.15. The molecule has 1 aliphatic heterocycles. The van der Waals surface area contributed by atoms with Crippen LogP contribution in [0.3, 0.4) is 0 Å². The summed E-state index contributed by atoms with van der Waals surface area (Å²) < 4.78 is 13.1. The molecule has 5 aromatic carbocycles. The zero-order valence-corrected chi connectivity index (χ0v) is 20.6.